The lowest BCUT2D eigenvalue weighted by Crippen LogP contribution is -2.22. The van der Waals surface area contributed by atoms with Crippen LogP contribution in [-0.4, -0.2) is 18.5 Å². The molecule has 2 aromatic carbocycles. The molecule has 0 bridgehead atoms. The van der Waals surface area contributed by atoms with Crippen molar-refractivity contribution in [1.29, 1.82) is 0 Å². The number of nitrogens with zero attached hydrogens (tertiary/aromatic N) is 2. The first-order valence-electron chi connectivity index (χ1n) is 7.87. The van der Waals surface area contributed by atoms with Gasteiger partial charge >= 0.3 is 0 Å². The lowest BCUT2D eigenvalue weighted by atomic mass is 10.1. The monoisotopic (exact) mass is 329 g/mol. The number of nitrogens with two attached hydrogens (primary N) is 1. The van der Waals surface area contributed by atoms with E-state index >= 15 is 0 Å². The van der Waals surface area contributed by atoms with Gasteiger partial charge in [-0.25, -0.2) is 0 Å². The Morgan fingerprint density at radius 1 is 1.17 bits per heavy atom. The number of nitro benzene ring substituents is 1. The zero-order valence-electron chi connectivity index (χ0n) is 14.2. The van der Waals surface area contributed by atoms with Crippen LogP contribution in [0.5, 0.6) is 11.5 Å². The number of rotatable bonds is 7. The van der Waals surface area contributed by atoms with Crippen molar-refractivity contribution in [3.05, 3.63) is 58.1 Å². The SMILES string of the molecule is CC(C)CN(C)c1ccc(Oc2ccc([N+](=O)[O-])c(CN)c2)cc1. The first-order chi connectivity index (χ1) is 11.4. The molecule has 0 aliphatic carbocycles. The highest BCUT2D eigenvalue weighted by atomic mass is 16.6. The summed E-state index contributed by atoms with van der Waals surface area (Å²) in [5.74, 6) is 1.79. The fourth-order valence-corrected chi connectivity index (χ4v) is 2.52. The molecular weight excluding hydrogens is 306 g/mol. The summed E-state index contributed by atoms with van der Waals surface area (Å²) in [6.45, 7) is 5.42. The van der Waals surface area contributed by atoms with E-state index < -0.39 is 4.92 Å². The zero-order chi connectivity index (χ0) is 17.7. The molecule has 24 heavy (non-hydrogen) atoms. The Morgan fingerprint density at radius 2 is 1.79 bits per heavy atom. The van der Waals surface area contributed by atoms with Crippen LogP contribution in [0.25, 0.3) is 0 Å². The van der Waals surface area contributed by atoms with Crippen LogP contribution in [0.3, 0.4) is 0 Å². The average molecular weight is 329 g/mol. The van der Waals surface area contributed by atoms with E-state index in [0.29, 0.717) is 23.0 Å². The zero-order valence-corrected chi connectivity index (χ0v) is 14.2. The third kappa shape index (κ3) is 4.45. The fourth-order valence-electron chi connectivity index (χ4n) is 2.52. The van der Waals surface area contributed by atoms with Crippen molar-refractivity contribution in [1.82, 2.24) is 0 Å². The standard InChI is InChI=1S/C18H23N3O3/c1-13(2)12-20(3)15-4-6-16(7-5-15)24-17-8-9-18(21(22)23)14(10-17)11-19/h4-10,13H,11-12,19H2,1-3H3. The van der Waals surface area contributed by atoms with Gasteiger partial charge in [-0.15, -0.1) is 0 Å². The van der Waals surface area contributed by atoms with Crippen molar-refractivity contribution in [2.45, 2.75) is 20.4 Å². The van der Waals surface area contributed by atoms with E-state index in [4.69, 9.17) is 10.5 Å². The minimum atomic E-state index is -0.439. The molecule has 0 saturated carbocycles. The second kappa shape index (κ2) is 7.79. The van der Waals surface area contributed by atoms with Crippen molar-refractivity contribution < 1.29 is 9.66 Å². The minimum Gasteiger partial charge on any atom is -0.457 e. The highest BCUT2D eigenvalue weighted by molar-refractivity contribution is 5.50. The molecule has 0 radical (unpaired) electrons. The van der Waals surface area contributed by atoms with Crippen LogP contribution in [0, 0.1) is 16.0 Å². The van der Waals surface area contributed by atoms with Gasteiger partial charge < -0.3 is 15.4 Å². The van der Waals surface area contributed by atoms with E-state index in [9.17, 15) is 10.1 Å². The van der Waals surface area contributed by atoms with Crippen LogP contribution < -0.4 is 15.4 Å². The van der Waals surface area contributed by atoms with E-state index in [2.05, 4.69) is 25.8 Å². The molecule has 0 spiro atoms. The predicted molar refractivity (Wildman–Crippen MR) is 95.6 cm³/mol. The molecule has 6 nitrogen and oxygen atoms in total. The second-order valence-electron chi connectivity index (χ2n) is 6.12. The van der Waals surface area contributed by atoms with Crippen LogP contribution in [0.15, 0.2) is 42.5 Å². The number of anilines is 1. The van der Waals surface area contributed by atoms with Crippen molar-refractivity contribution in [3.8, 4) is 11.5 Å². The molecule has 0 aliphatic heterocycles. The molecule has 0 atom stereocenters. The highest BCUT2D eigenvalue weighted by Crippen LogP contribution is 2.28. The van der Waals surface area contributed by atoms with Crippen molar-refractivity contribution in [3.63, 3.8) is 0 Å². The van der Waals surface area contributed by atoms with Crippen LogP contribution in [0.1, 0.15) is 19.4 Å². The van der Waals surface area contributed by atoms with Crippen molar-refractivity contribution >= 4 is 11.4 Å². The lowest BCUT2D eigenvalue weighted by Gasteiger charge is -2.21. The number of benzene rings is 2. The third-order valence-corrected chi connectivity index (χ3v) is 3.62. The molecule has 2 aromatic rings. The van der Waals surface area contributed by atoms with E-state index in [1.165, 1.54) is 6.07 Å². The lowest BCUT2D eigenvalue weighted by molar-refractivity contribution is -0.385. The quantitative estimate of drug-likeness (QED) is 0.614. The maximum absolute atomic E-state index is 10.9. The molecule has 0 aliphatic rings. The second-order valence-corrected chi connectivity index (χ2v) is 6.12. The molecular formula is C18H23N3O3. The molecule has 0 fully saturated rings. The summed E-state index contributed by atoms with van der Waals surface area (Å²) < 4.78 is 5.77. The van der Waals surface area contributed by atoms with Crippen LogP contribution in [0.2, 0.25) is 0 Å². The van der Waals surface area contributed by atoms with Crippen LogP contribution >= 0.6 is 0 Å². The summed E-state index contributed by atoms with van der Waals surface area (Å²) in [4.78, 5) is 12.7. The normalized spacial score (nSPS) is 10.7. The number of nitro groups is 1. The number of hydrogen-bond donors (Lipinski definition) is 1. The first-order valence-corrected chi connectivity index (χ1v) is 7.87. The summed E-state index contributed by atoms with van der Waals surface area (Å²) in [6, 6.07) is 12.4. The molecule has 2 N–H and O–H groups in total. The smallest absolute Gasteiger partial charge is 0.274 e. The molecule has 0 aromatic heterocycles. The largest absolute Gasteiger partial charge is 0.457 e. The Kier molecular flexibility index (Phi) is 5.76. The Hall–Kier alpha value is -2.60. The first kappa shape index (κ1) is 17.7. The van der Waals surface area contributed by atoms with Gasteiger partial charge in [0.1, 0.15) is 11.5 Å². The molecule has 0 heterocycles. The Morgan fingerprint density at radius 3 is 2.33 bits per heavy atom. The molecule has 0 unspecified atom stereocenters. The molecule has 6 heteroatoms. The molecule has 0 saturated heterocycles. The van der Waals surface area contributed by atoms with Gasteiger partial charge in [-0.3, -0.25) is 10.1 Å². The average Bonchev–Trinajstić information content (AvgIpc) is 2.54. The minimum absolute atomic E-state index is 0.00973. The summed E-state index contributed by atoms with van der Waals surface area (Å²) in [7, 11) is 2.06. The Labute approximate surface area is 142 Å². The van der Waals surface area contributed by atoms with Gasteiger partial charge in [0.25, 0.3) is 5.69 Å². The van der Waals surface area contributed by atoms with Gasteiger partial charge in [0.15, 0.2) is 0 Å². The van der Waals surface area contributed by atoms with E-state index in [1.54, 1.807) is 12.1 Å². The topological polar surface area (TPSA) is 81.6 Å². The predicted octanol–water partition coefficient (Wildman–Crippen LogP) is 3.94. The maximum Gasteiger partial charge on any atom is 0.274 e. The van der Waals surface area contributed by atoms with Crippen molar-refractivity contribution in [2.24, 2.45) is 11.7 Å². The Bertz CT molecular complexity index is 699. The molecule has 128 valence electrons. The van der Waals surface area contributed by atoms with Crippen molar-refractivity contribution in [2.75, 3.05) is 18.5 Å². The van der Waals surface area contributed by atoms with Gasteiger partial charge in [0.2, 0.25) is 0 Å². The van der Waals surface area contributed by atoms with Gasteiger partial charge in [0.05, 0.1) is 4.92 Å². The Balaban J connectivity index is 2.12. The summed E-state index contributed by atoms with van der Waals surface area (Å²) in [6.07, 6.45) is 0. The van der Waals surface area contributed by atoms with Gasteiger partial charge in [-0.1, -0.05) is 13.8 Å². The third-order valence-electron chi connectivity index (χ3n) is 3.62. The van der Waals surface area contributed by atoms with E-state index in [1.807, 2.05) is 24.3 Å². The van der Waals surface area contributed by atoms with E-state index in [0.717, 1.165) is 12.2 Å². The van der Waals surface area contributed by atoms with Gasteiger partial charge in [-0.2, -0.15) is 0 Å². The van der Waals surface area contributed by atoms with E-state index in [-0.39, 0.29) is 12.2 Å². The molecule has 0 amide bonds. The van der Waals surface area contributed by atoms with Gasteiger partial charge in [0, 0.05) is 37.5 Å². The molecule has 2 rings (SSSR count). The van der Waals surface area contributed by atoms with Crippen LogP contribution in [-0.2, 0) is 6.54 Å². The summed E-state index contributed by atoms with van der Waals surface area (Å²) in [5, 5.41) is 10.9. The van der Waals surface area contributed by atoms with Gasteiger partial charge in [-0.05, 0) is 42.3 Å². The summed E-state index contributed by atoms with van der Waals surface area (Å²) >= 11 is 0. The number of ether oxygens (including phenoxy) is 1. The van der Waals surface area contributed by atoms with Crippen LogP contribution in [0.4, 0.5) is 11.4 Å². The highest BCUT2D eigenvalue weighted by Gasteiger charge is 2.13. The maximum atomic E-state index is 10.9. The number of hydrogen-bond acceptors (Lipinski definition) is 5. The fraction of sp³-hybridized carbons (Fsp3) is 0.333. The summed E-state index contributed by atoms with van der Waals surface area (Å²) in [5.41, 5.74) is 7.15.